The van der Waals surface area contributed by atoms with E-state index in [4.69, 9.17) is 5.73 Å². The van der Waals surface area contributed by atoms with Crippen LogP contribution < -0.4 is 5.73 Å². The molecule has 1 rings (SSSR count). The molecule has 0 heterocycles. The SMILES string of the molecule is CC1CCCC1(C)CN. The van der Waals surface area contributed by atoms with Crippen LogP contribution >= 0.6 is 0 Å². The Morgan fingerprint density at radius 3 is 2.56 bits per heavy atom. The van der Waals surface area contributed by atoms with E-state index in [9.17, 15) is 0 Å². The summed E-state index contributed by atoms with van der Waals surface area (Å²) in [6.07, 6.45) is 4.10. The van der Waals surface area contributed by atoms with Gasteiger partial charge in [0.2, 0.25) is 0 Å². The van der Waals surface area contributed by atoms with Gasteiger partial charge in [0.15, 0.2) is 0 Å². The molecule has 1 nitrogen and oxygen atoms in total. The van der Waals surface area contributed by atoms with Gasteiger partial charge in [0.05, 0.1) is 0 Å². The Morgan fingerprint density at radius 2 is 2.33 bits per heavy atom. The molecule has 1 aliphatic rings. The van der Waals surface area contributed by atoms with Gasteiger partial charge in [0, 0.05) is 0 Å². The van der Waals surface area contributed by atoms with Crippen molar-refractivity contribution in [2.24, 2.45) is 17.1 Å². The average Bonchev–Trinajstić information content (AvgIpc) is 2.15. The van der Waals surface area contributed by atoms with Gasteiger partial charge >= 0.3 is 0 Å². The lowest BCUT2D eigenvalue weighted by Gasteiger charge is -2.26. The molecule has 54 valence electrons. The fraction of sp³-hybridized carbons (Fsp3) is 1.00. The molecule has 0 aliphatic heterocycles. The van der Waals surface area contributed by atoms with Gasteiger partial charge in [-0.2, -0.15) is 0 Å². The van der Waals surface area contributed by atoms with E-state index in [0.717, 1.165) is 12.5 Å². The Hall–Kier alpha value is -0.0400. The summed E-state index contributed by atoms with van der Waals surface area (Å²) in [7, 11) is 0. The molecule has 0 aromatic heterocycles. The molecule has 2 atom stereocenters. The molecule has 0 saturated heterocycles. The third-order valence-electron chi connectivity index (χ3n) is 3.04. The predicted octanol–water partition coefficient (Wildman–Crippen LogP) is 1.77. The van der Waals surface area contributed by atoms with Gasteiger partial charge < -0.3 is 5.73 Å². The summed E-state index contributed by atoms with van der Waals surface area (Å²) < 4.78 is 0. The van der Waals surface area contributed by atoms with Gasteiger partial charge in [-0.25, -0.2) is 0 Å². The van der Waals surface area contributed by atoms with Crippen molar-refractivity contribution in [2.45, 2.75) is 33.1 Å². The fourth-order valence-corrected chi connectivity index (χ4v) is 1.71. The van der Waals surface area contributed by atoms with Gasteiger partial charge in [-0.15, -0.1) is 0 Å². The van der Waals surface area contributed by atoms with Crippen LogP contribution in [0.5, 0.6) is 0 Å². The molecule has 9 heavy (non-hydrogen) atoms. The summed E-state index contributed by atoms with van der Waals surface area (Å²) in [6.45, 7) is 5.50. The van der Waals surface area contributed by atoms with Crippen molar-refractivity contribution < 1.29 is 0 Å². The van der Waals surface area contributed by atoms with Crippen LogP contribution in [-0.4, -0.2) is 6.54 Å². The summed E-state index contributed by atoms with van der Waals surface area (Å²) in [5.74, 6) is 0.850. The largest absolute Gasteiger partial charge is 0.330 e. The number of rotatable bonds is 1. The molecule has 0 amide bonds. The zero-order valence-electron chi connectivity index (χ0n) is 6.48. The average molecular weight is 127 g/mol. The fourth-order valence-electron chi connectivity index (χ4n) is 1.71. The lowest BCUT2D eigenvalue weighted by molar-refractivity contribution is 0.258. The van der Waals surface area contributed by atoms with Gasteiger partial charge in [-0.3, -0.25) is 0 Å². The van der Waals surface area contributed by atoms with E-state index >= 15 is 0 Å². The molecule has 0 aromatic rings. The molecule has 1 saturated carbocycles. The molecule has 2 N–H and O–H groups in total. The standard InChI is InChI=1S/C8H17N/c1-7-4-3-5-8(7,2)6-9/h7H,3-6,9H2,1-2H3. The maximum atomic E-state index is 5.66. The predicted molar refractivity (Wildman–Crippen MR) is 40.2 cm³/mol. The highest BCUT2D eigenvalue weighted by molar-refractivity contribution is 4.86. The Kier molecular flexibility index (Phi) is 1.80. The summed E-state index contributed by atoms with van der Waals surface area (Å²) in [6, 6.07) is 0. The van der Waals surface area contributed by atoms with Crippen molar-refractivity contribution in [3.63, 3.8) is 0 Å². The Bertz CT molecular complexity index is 101. The van der Waals surface area contributed by atoms with Crippen molar-refractivity contribution in [3.05, 3.63) is 0 Å². The first-order valence-electron chi connectivity index (χ1n) is 3.89. The summed E-state index contributed by atoms with van der Waals surface area (Å²) >= 11 is 0. The number of nitrogens with two attached hydrogens (primary N) is 1. The highest BCUT2D eigenvalue weighted by atomic mass is 14.6. The van der Waals surface area contributed by atoms with Crippen molar-refractivity contribution in [3.8, 4) is 0 Å². The van der Waals surface area contributed by atoms with E-state index in [2.05, 4.69) is 13.8 Å². The molecular formula is C8H17N. The summed E-state index contributed by atoms with van der Waals surface area (Å²) in [4.78, 5) is 0. The zero-order chi connectivity index (χ0) is 6.91. The second-order valence-electron chi connectivity index (χ2n) is 3.65. The molecule has 1 fully saturated rings. The third kappa shape index (κ3) is 1.11. The molecule has 0 aromatic carbocycles. The van der Waals surface area contributed by atoms with Gasteiger partial charge in [-0.05, 0) is 24.3 Å². The van der Waals surface area contributed by atoms with Gasteiger partial charge in [-0.1, -0.05) is 26.7 Å². The highest BCUT2D eigenvalue weighted by Crippen LogP contribution is 2.41. The molecular weight excluding hydrogens is 110 g/mol. The van der Waals surface area contributed by atoms with Crippen LogP contribution in [0.25, 0.3) is 0 Å². The van der Waals surface area contributed by atoms with Crippen molar-refractivity contribution in [1.29, 1.82) is 0 Å². The zero-order valence-corrected chi connectivity index (χ0v) is 6.48. The van der Waals surface area contributed by atoms with Crippen LogP contribution in [-0.2, 0) is 0 Å². The minimum absolute atomic E-state index is 0.472. The van der Waals surface area contributed by atoms with E-state index in [0.29, 0.717) is 5.41 Å². The Labute approximate surface area is 57.6 Å². The smallest absolute Gasteiger partial charge is 0.00206 e. The molecule has 1 heteroatoms. The topological polar surface area (TPSA) is 26.0 Å². The third-order valence-corrected chi connectivity index (χ3v) is 3.04. The molecule has 0 bridgehead atoms. The first-order valence-corrected chi connectivity index (χ1v) is 3.89. The normalized spacial score (nSPS) is 43.7. The van der Waals surface area contributed by atoms with Crippen LogP contribution in [0.2, 0.25) is 0 Å². The quantitative estimate of drug-likeness (QED) is 0.570. The first-order chi connectivity index (χ1) is 4.19. The number of hydrogen-bond acceptors (Lipinski definition) is 1. The first kappa shape index (κ1) is 7.07. The van der Waals surface area contributed by atoms with Gasteiger partial charge in [0.25, 0.3) is 0 Å². The lowest BCUT2D eigenvalue weighted by atomic mass is 9.81. The van der Waals surface area contributed by atoms with Crippen molar-refractivity contribution >= 4 is 0 Å². The van der Waals surface area contributed by atoms with E-state index in [1.54, 1.807) is 0 Å². The van der Waals surface area contributed by atoms with E-state index in [1.165, 1.54) is 19.3 Å². The molecule has 1 aliphatic carbocycles. The maximum Gasteiger partial charge on any atom is -0.00206 e. The maximum absolute atomic E-state index is 5.66. The van der Waals surface area contributed by atoms with Crippen LogP contribution in [0.3, 0.4) is 0 Å². The minimum Gasteiger partial charge on any atom is -0.330 e. The van der Waals surface area contributed by atoms with Crippen LogP contribution in [0, 0.1) is 11.3 Å². The van der Waals surface area contributed by atoms with Gasteiger partial charge in [0.1, 0.15) is 0 Å². The van der Waals surface area contributed by atoms with E-state index in [1.807, 2.05) is 0 Å². The molecule has 0 spiro atoms. The van der Waals surface area contributed by atoms with Crippen molar-refractivity contribution in [2.75, 3.05) is 6.54 Å². The summed E-state index contributed by atoms with van der Waals surface area (Å²) in [5.41, 5.74) is 6.13. The highest BCUT2D eigenvalue weighted by Gasteiger charge is 2.33. The second-order valence-corrected chi connectivity index (χ2v) is 3.65. The van der Waals surface area contributed by atoms with E-state index < -0.39 is 0 Å². The molecule has 2 unspecified atom stereocenters. The van der Waals surface area contributed by atoms with E-state index in [-0.39, 0.29) is 0 Å². The van der Waals surface area contributed by atoms with Crippen molar-refractivity contribution in [1.82, 2.24) is 0 Å². The van der Waals surface area contributed by atoms with Crippen LogP contribution in [0.1, 0.15) is 33.1 Å². The second kappa shape index (κ2) is 2.30. The Balaban J connectivity index is 2.56. The van der Waals surface area contributed by atoms with Crippen LogP contribution in [0.15, 0.2) is 0 Å². The minimum atomic E-state index is 0.472. The monoisotopic (exact) mass is 127 g/mol. The number of hydrogen-bond donors (Lipinski definition) is 1. The van der Waals surface area contributed by atoms with Crippen LogP contribution in [0.4, 0.5) is 0 Å². The Morgan fingerprint density at radius 1 is 1.67 bits per heavy atom. The lowest BCUT2D eigenvalue weighted by Crippen LogP contribution is -2.29. The molecule has 0 radical (unpaired) electrons. The summed E-state index contributed by atoms with van der Waals surface area (Å²) in [5, 5.41) is 0.